The predicted octanol–water partition coefficient (Wildman–Crippen LogP) is 1.06. The Morgan fingerprint density at radius 2 is 2.26 bits per heavy atom. The van der Waals surface area contributed by atoms with Crippen LogP contribution in [-0.2, 0) is 10.0 Å². The molecule has 2 atom stereocenters. The van der Waals surface area contributed by atoms with Gasteiger partial charge >= 0.3 is 6.03 Å². The van der Waals surface area contributed by atoms with Crippen LogP contribution < -0.4 is 20.5 Å². The molecular formula is C14H22N4O4S. The molecule has 1 saturated carbocycles. The van der Waals surface area contributed by atoms with Crippen LogP contribution >= 0.6 is 0 Å². The number of rotatable bonds is 6. The van der Waals surface area contributed by atoms with Crippen molar-refractivity contribution in [3.63, 3.8) is 0 Å². The Morgan fingerprint density at radius 3 is 2.96 bits per heavy atom. The summed E-state index contributed by atoms with van der Waals surface area (Å²) in [7, 11) is -3.47. The summed E-state index contributed by atoms with van der Waals surface area (Å²) in [6.07, 6.45) is 3.66. The van der Waals surface area contributed by atoms with Crippen LogP contribution in [0.15, 0.2) is 18.3 Å². The van der Waals surface area contributed by atoms with Crippen LogP contribution in [0.4, 0.5) is 10.5 Å². The summed E-state index contributed by atoms with van der Waals surface area (Å²) in [6.45, 7) is 2.29. The van der Waals surface area contributed by atoms with Gasteiger partial charge in [-0.3, -0.25) is 0 Å². The molecule has 0 bridgehead atoms. The maximum Gasteiger partial charge on any atom is 0.319 e. The van der Waals surface area contributed by atoms with E-state index in [0.29, 0.717) is 24.6 Å². The molecule has 0 saturated heterocycles. The fourth-order valence-corrected chi connectivity index (χ4v) is 3.73. The number of amides is 2. The number of pyridine rings is 1. The van der Waals surface area contributed by atoms with E-state index in [0.717, 1.165) is 12.8 Å². The van der Waals surface area contributed by atoms with Crippen molar-refractivity contribution in [1.82, 2.24) is 10.3 Å². The lowest BCUT2D eigenvalue weighted by Gasteiger charge is -2.15. The molecule has 0 spiro atoms. The van der Waals surface area contributed by atoms with Gasteiger partial charge in [-0.05, 0) is 44.2 Å². The van der Waals surface area contributed by atoms with E-state index in [1.54, 1.807) is 18.3 Å². The van der Waals surface area contributed by atoms with Gasteiger partial charge in [0, 0.05) is 12.2 Å². The number of hydrogen-bond acceptors (Lipinski definition) is 5. The van der Waals surface area contributed by atoms with Crippen LogP contribution in [0.2, 0.25) is 0 Å². The Kier molecular flexibility index (Phi) is 5.78. The molecule has 1 fully saturated rings. The van der Waals surface area contributed by atoms with Crippen molar-refractivity contribution >= 4 is 21.7 Å². The number of sulfonamides is 1. The smallest absolute Gasteiger partial charge is 0.319 e. The average molecular weight is 342 g/mol. The minimum absolute atomic E-state index is 0.00678. The monoisotopic (exact) mass is 342 g/mol. The number of carbonyl (C=O) groups is 1. The van der Waals surface area contributed by atoms with Crippen LogP contribution in [-0.4, -0.2) is 37.8 Å². The third-order valence-electron chi connectivity index (χ3n) is 3.64. The largest absolute Gasteiger partial charge is 0.476 e. The Bertz CT molecular complexity index is 650. The Hall–Kier alpha value is -1.87. The van der Waals surface area contributed by atoms with Gasteiger partial charge in [-0.2, -0.15) is 0 Å². The van der Waals surface area contributed by atoms with Gasteiger partial charge in [0.25, 0.3) is 0 Å². The number of anilines is 1. The van der Waals surface area contributed by atoms with Gasteiger partial charge in [0.05, 0.1) is 12.4 Å². The zero-order valence-electron chi connectivity index (χ0n) is 13.0. The van der Waals surface area contributed by atoms with E-state index >= 15 is 0 Å². The van der Waals surface area contributed by atoms with E-state index in [1.807, 2.05) is 6.92 Å². The van der Waals surface area contributed by atoms with Gasteiger partial charge in [0.1, 0.15) is 5.69 Å². The fourth-order valence-electron chi connectivity index (χ4n) is 2.77. The first-order valence-corrected chi connectivity index (χ1v) is 9.24. The maximum absolute atomic E-state index is 12.1. The topological polar surface area (TPSA) is 123 Å². The van der Waals surface area contributed by atoms with Crippen molar-refractivity contribution in [3.8, 4) is 5.88 Å². The molecule has 2 rings (SSSR count). The summed E-state index contributed by atoms with van der Waals surface area (Å²) in [4.78, 5) is 16.1. The highest BCUT2D eigenvalue weighted by atomic mass is 32.2. The Labute approximate surface area is 135 Å². The maximum atomic E-state index is 12.1. The molecule has 0 aromatic carbocycles. The lowest BCUT2D eigenvalue weighted by molar-refractivity contribution is 0.248. The SMILES string of the molecule is CCOc1ncccc1NC(=O)N[C@@H]1CC[C@H](CS(N)(=O)=O)C1. The van der Waals surface area contributed by atoms with Gasteiger partial charge in [0.2, 0.25) is 15.9 Å². The number of aromatic nitrogens is 1. The third kappa shape index (κ3) is 5.68. The molecule has 1 aromatic heterocycles. The quantitative estimate of drug-likeness (QED) is 0.713. The zero-order valence-corrected chi connectivity index (χ0v) is 13.8. The normalized spacial score (nSPS) is 21.0. The molecule has 8 nitrogen and oxygen atoms in total. The second kappa shape index (κ2) is 7.60. The first kappa shape index (κ1) is 17.5. The van der Waals surface area contributed by atoms with Gasteiger partial charge in [-0.25, -0.2) is 23.3 Å². The molecule has 1 aliphatic rings. The first-order chi connectivity index (χ1) is 10.9. The molecular weight excluding hydrogens is 320 g/mol. The van der Waals surface area contributed by atoms with E-state index < -0.39 is 10.0 Å². The zero-order chi connectivity index (χ0) is 16.9. The third-order valence-corrected chi connectivity index (χ3v) is 4.58. The van der Waals surface area contributed by atoms with Crippen molar-refractivity contribution in [2.45, 2.75) is 32.2 Å². The summed E-state index contributed by atoms with van der Waals surface area (Å²) in [5.74, 6) is 0.320. The molecule has 1 heterocycles. The van der Waals surface area contributed by atoms with Gasteiger partial charge in [0.15, 0.2) is 0 Å². The number of ether oxygens (including phenoxy) is 1. The summed E-state index contributed by atoms with van der Waals surface area (Å²) in [5, 5.41) is 10.6. The molecule has 1 aliphatic carbocycles. The number of carbonyl (C=O) groups excluding carboxylic acids is 1. The van der Waals surface area contributed by atoms with Gasteiger partial charge < -0.3 is 15.4 Å². The lowest BCUT2D eigenvalue weighted by Crippen LogP contribution is -2.36. The molecule has 9 heteroatoms. The predicted molar refractivity (Wildman–Crippen MR) is 86.7 cm³/mol. The second-order valence-corrected chi connectivity index (χ2v) is 7.25. The van der Waals surface area contributed by atoms with E-state index in [4.69, 9.17) is 9.88 Å². The van der Waals surface area contributed by atoms with Crippen LogP contribution in [0.1, 0.15) is 26.2 Å². The number of urea groups is 1. The molecule has 1 aromatic rings. The highest BCUT2D eigenvalue weighted by Gasteiger charge is 2.28. The average Bonchev–Trinajstić information content (AvgIpc) is 2.86. The number of nitrogens with two attached hydrogens (primary N) is 1. The van der Waals surface area contributed by atoms with E-state index in [9.17, 15) is 13.2 Å². The highest BCUT2D eigenvalue weighted by molar-refractivity contribution is 7.89. The molecule has 0 unspecified atom stereocenters. The first-order valence-electron chi connectivity index (χ1n) is 7.53. The van der Waals surface area contributed by atoms with Crippen molar-refractivity contribution in [2.75, 3.05) is 17.7 Å². The molecule has 128 valence electrons. The minimum Gasteiger partial charge on any atom is -0.476 e. The van der Waals surface area contributed by atoms with Crippen molar-refractivity contribution in [2.24, 2.45) is 11.1 Å². The van der Waals surface area contributed by atoms with Crippen LogP contribution in [0.25, 0.3) is 0 Å². The van der Waals surface area contributed by atoms with E-state index in [1.165, 1.54) is 0 Å². The summed E-state index contributed by atoms with van der Waals surface area (Å²) < 4.78 is 27.6. The lowest BCUT2D eigenvalue weighted by atomic mass is 10.1. The summed E-state index contributed by atoms with van der Waals surface area (Å²) >= 11 is 0. The molecule has 23 heavy (non-hydrogen) atoms. The molecule has 0 radical (unpaired) electrons. The number of nitrogens with zero attached hydrogens (tertiary/aromatic N) is 1. The molecule has 4 N–H and O–H groups in total. The number of primary sulfonamides is 1. The van der Waals surface area contributed by atoms with E-state index in [-0.39, 0.29) is 23.7 Å². The van der Waals surface area contributed by atoms with Gasteiger partial charge in [-0.15, -0.1) is 0 Å². The van der Waals surface area contributed by atoms with Crippen LogP contribution in [0.5, 0.6) is 5.88 Å². The second-order valence-electron chi connectivity index (χ2n) is 5.59. The summed E-state index contributed by atoms with van der Waals surface area (Å²) in [6, 6.07) is 2.99. The van der Waals surface area contributed by atoms with E-state index in [2.05, 4.69) is 15.6 Å². The fraction of sp³-hybridized carbons (Fsp3) is 0.571. The standard InChI is InChI=1S/C14H22N4O4S/c1-2-22-13-12(4-3-7-16-13)18-14(19)17-11-6-5-10(8-11)9-23(15,20)21/h3-4,7,10-11H,2,5-6,8-9H2,1H3,(H2,15,20,21)(H2,17,18,19)/t10-,11+/m0/s1. The number of hydrogen-bond donors (Lipinski definition) is 3. The van der Waals surface area contributed by atoms with Gasteiger partial charge in [-0.1, -0.05) is 0 Å². The van der Waals surface area contributed by atoms with Crippen LogP contribution in [0, 0.1) is 5.92 Å². The Morgan fingerprint density at radius 1 is 1.48 bits per heavy atom. The molecule has 0 aliphatic heterocycles. The highest BCUT2D eigenvalue weighted by Crippen LogP contribution is 2.27. The molecule has 2 amide bonds. The van der Waals surface area contributed by atoms with Crippen molar-refractivity contribution < 1.29 is 17.9 Å². The summed E-state index contributed by atoms with van der Waals surface area (Å²) in [5.41, 5.74) is 0.492. The minimum atomic E-state index is -3.47. The van der Waals surface area contributed by atoms with Crippen molar-refractivity contribution in [3.05, 3.63) is 18.3 Å². The van der Waals surface area contributed by atoms with Crippen molar-refractivity contribution in [1.29, 1.82) is 0 Å². The Balaban J connectivity index is 1.86. The van der Waals surface area contributed by atoms with Crippen LogP contribution in [0.3, 0.4) is 0 Å². The number of nitrogens with one attached hydrogen (secondary N) is 2.